The van der Waals surface area contributed by atoms with E-state index in [1.54, 1.807) is 0 Å². The van der Waals surface area contributed by atoms with Gasteiger partial charge in [-0.2, -0.15) is 0 Å². The van der Waals surface area contributed by atoms with E-state index in [2.05, 4.69) is 11.5 Å². The Balaban J connectivity index is 2.09. The lowest BCUT2D eigenvalue weighted by Gasteiger charge is -2.13. The molecule has 4 nitrogen and oxygen atoms in total. The Hall–Kier alpha value is -1.13. The average Bonchev–Trinajstić information content (AvgIpc) is 2.83. The van der Waals surface area contributed by atoms with Crippen LogP contribution in [0.4, 0.5) is 0 Å². The van der Waals surface area contributed by atoms with Crippen molar-refractivity contribution in [3.05, 3.63) is 23.0 Å². The van der Waals surface area contributed by atoms with Crippen LogP contribution in [-0.2, 0) is 6.54 Å². The molecule has 2 heterocycles. The Kier molecular flexibility index (Phi) is 3.88. The van der Waals surface area contributed by atoms with Crippen LogP contribution < -0.4 is 0 Å². The molecule has 1 N–H and O–H groups in total. The number of hydrogen-bond acceptors (Lipinski definition) is 3. The molecule has 2 rings (SSSR count). The number of ketones is 1. The summed E-state index contributed by atoms with van der Waals surface area (Å²) in [7, 11) is 0. The molecule has 1 aromatic rings. The number of aryl methyl sites for hydroxylation is 1. The van der Waals surface area contributed by atoms with Crippen LogP contribution in [0, 0.1) is 13.8 Å². The first-order valence-corrected chi connectivity index (χ1v) is 6.63. The average molecular weight is 250 g/mol. The quantitative estimate of drug-likeness (QED) is 0.821. The van der Waals surface area contributed by atoms with E-state index in [0.29, 0.717) is 13.1 Å². The monoisotopic (exact) mass is 250 g/mol. The first-order chi connectivity index (χ1) is 8.52. The number of β-amino-alcohol motifs (C(OH)–C–C–N with tert-alkyl or cyclic N) is 1. The number of carbonyl (C=O) groups excluding carboxylic acids is 1. The number of aliphatic hydroxyl groups is 1. The zero-order chi connectivity index (χ0) is 13.3. The number of carbonyl (C=O) groups is 1. The highest BCUT2D eigenvalue weighted by molar-refractivity contribution is 5.99. The van der Waals surface area contributed by atoms with Gasteiger partial charge in [-0.25, -0.2) is 0 Å². The van der Waals surface area contributed by atoms with Crippen molar-refractivity contribution in [2.24, 2.45) is 0 Å². The normalized spacial score (nSPS) is 20.6. The van der Waals surface area contributed by atoms with Gasteiger partial charge in [-0.05, 0) is 33.3 Å². The van der Waals surface area contributed by atoms with Crippen molar-refractivity contribution in [3.8, 4) is 0 Å². The molecular weight excluding hydrogens is 228 g/mol. The van der Waals surface area contributed by atoms with Gasteiger partial charge in [0.1, 0.15) is 0 Å². The molecule has 0 saturated carbocycles. The smallest absolute Gasteiger partial charge is 0.178 e. The summed E-state index contributed by atoms with van der Waals surface area (Å²) in [6.45, 7) is 8.89. The number of aromatic nitrogens is 1. The zero-order valence-corrected chi connectivity index (χ0v) is 11.4. The molecule has 100 valence electrons. The fraction of sp³-hybridized carbons (Fsp3) is 0.643. The topological polar surface area (TPSA) is 45.5 Å². The summed E-state index contributed by atoms with van der Waals surface area (Å²) in [6, 6.07) is 1.98. The number of Topliss-reactive ketones (excluding diaryl/α,β-unsaturated/α-hetero) is 1. The third-order valence-corrected chi connectivity index (χ3v) is 3.80. The van der Waals surface area contributed by atoms with Gasteiger partial charge < -0.3 is 9.67 Å². The van der Waals surface area contributed by atoms with Crippen LogP contribution in [0.2, 0.25) is 0 Å². The fourth-order valence-electron chi connectivity index (χ4n) is 2.81. The zero-order valence-electron chi connectivity index (χ0n) is 11.4. The molecule has 0 bridgehead atoms. The Morgan fingerprint density at radius 2 is 2.22 bits per heavy atom. The molecule has 0 amide bonds. The van der Waals surface area contributed by atoms with E-state index in [9.17, 15) is 9.90 Å². The fourth-order valence-corrected chi connectivity index (χ4v) is 2.81. The molecule has 1 saturated heterocycles. The van der Waals surface area contributed by atoms with Gasteiger partial charge in [-0.15, -0.1) is 0 Å². The summed E-state index contributed by atoms with van der Waals surface area (Å²) in [5.41, 5.74) is 3.02. The van der Waals surface area contributed by atoms with Crippen molar-refractivity contribution in [1.82, 2.24) is 9.47 Å². The molecule has 4 heteroatoms. The lowest BCUT2D eigenvalue weighted by atomic mass is 10.1. The van der Waals surface area contributed by atoms with Gasteiger partial charge in [0.25, 0.3) is 0 Å². The summed E-state index contributed by atoms with van der Waals surface area (Å²) < 4.78 is 2.16. The van der Waals surface area contributed by atoms with Gasteiger partial charge in [-0.3, -0.25) is 9.69 Å². The van der Waals surface area contributed by atoms with Crippen molar-refractivity contribution in [3.63, 3.8) is 0 Å². The molecule has 1 aliphatic heterocycles. The van der Waals surface area contributed by atoms with Crippen molar-refractivity contribution in [1.29, 1.82) is 0 Å². The Morgan fingerprint density at radius 1 is 1.50 bits per heavy atom. The number of rotatable bonds is 4. The first-order valence-electron chi connectivity index (χ1n) is 6.63. The number of aliphatic hydroxyl groups excluding tert-OH is 1. The predicted octanol–water partition coefficient (Wildman–Crippen LogP) is 1.37. The van der Waals surface area contributed by atoms with E-state index in [-0.39, 0.29) is 11.9 Å². The van der Waals surface area contributed by atoms with Crippen LogP contribution in [0.15, 0.2) is 6.07 Å². The predicted molar refractivity (Wildman–Crippen MR) is 71.0 cm³/mol. The maximum Gasteiger partial charge on any atom is 0.178 e. The van der Waals surface area contributed by atoms with Gasteiger partial charge in [0.05, 0.1) is 12.6 Å². The van der Waals surface area contributed by atoms with Crippen molar-refractivity contribution in [2.45, 2.75) is 39.8 Å². The maximum absolute atomic E-state index is 12.3. The highest BCUT2D eigenvalue weighted by Gasteiger charge is 2.24. The summed E-state index contributed by atoms with van der Waals surface area (Å²) >= 11 is 0. The molecule has 1 fully saturated rings. The SMILES string of the molecule is CCn1c(C)cc(C(=O)CN2CCC(O)C2)c1C. The van der Waals surface area contributed by atoms with Crippen LogP contribution in [0.25, 0.3) is 0 Å². The molecular formula is C14H22N2O2. The van der Waals surface area contributed by atoms with Crippen molar-refractivity contribution < 1.29 is 9.90 Å². The minimum absolute atomic E-state index is 0.164. The summed E-state index contributed by atoms with van der Waals surface area (Å²) in [5.74, 6) is 0.164. The van der Waals surface area contributed by atoms with Crippen LogP contribution in [0.5, 0.6) is 0 Å². The van der Waals surface area contributed by atoms with E-state index in [1.807, 2.05) is 24.8 Å². The lowest BCUT2D eigenvalue weighted by Crippen LogP contribution is -2.28. The van der Waals surface area contributed by atoms with Gasteiger partial charge in [-0.1, -0.05) is 0 Å². The Bertz CT molecular complexity index is 451. The molecule has 0 spiro atoms. The number of hydrogen-bond donors (Lipinski definition) is 1. The van der Waals surface area contributed by atoms with Crippen LogP contribution >= 0.6 is 0 Å². The molecule has 1 aliphatic rings. The van der Waals surface area contributed by atoms with Crippen molar-refractivity contribution >= 4 is 5.78 Å². The number of likely N-dealkylation sites (tertiary alicyclic amines) is 1. The van der Waals surface area contributed by atoms with Crippen LogP contribution in [0.3, 0.4) is 0 Å². The molecule has 1 atom stereocenters. The Labute approximate surface area is 108 Å². The standard InChI is InChI=1S/C14H22N2O2/c1-4-16-10(2)7-13(11(16)3)14(18)9-15-6-5-12(17)8-15/h7,12,17H,4-6,8-9H2,1-3H3. The lowest BCUT2D eigenvalue weighted by molar-refractivity contribution is 0.0934. The van der Waals surface area contributed by atoms with E-state index in [1.165, 1.54) is 0 Å². The molecule has 1 unspecified atom stereocenters. The maximum atomic E-state index is 12.3. The second-order valence-electron chi connectivity index (χ2n) is 5.13. The molecule has 0 aliphatic carbocycles. The van der Waals surface area contributed by atoms with E-state index in [0.717, 1.165) is 36.5 Å². The highest BCUT2D eigenvalue weighted by Crippen LogP contribution is 2.17. The van der Waals surface area contributed by atoms with Gasteiger partial charge >= 0.3 is 0 Å². The first kappa shape index (κ1) is 13.3. The highest BCUT2D eigenvalue weighted by atomic mass is 16.3. The third-order valence-electron chi connectivity index (χ3n) is 3.80. The summed E-state index contributed by atoms with van der Waals surface area (Å²) in [4.78, 5) is 14.3. The van der Waals surface area contributed by atoms with Crippen molar-refractivity contribution in [2.75, 3.05) is 19.6 Å². The second-order valence-corrected chi connectivity index (χ2v) is 5.13. The Morgan fingerprint density at radius 3 is 2.72 bits per heavy atom. The third kappa shape index (κ3) is 2.49. The number of nitrogens with zero attached hydrogens (tertiary/aromatic N) is 2. The van der Waals surface area contributed by atoms with Crippen LogP contribution in [-0.4, -0.2) is 46.1 Å². The van der Waals surface area contributed by atoms with Gasteiger partial charge in [0.2, 0.25) is 0 Å². The van der Waals surface area contributed by atoms with E-state index < -0.39 is 0 Å². The molecule has 18 heavy (non-hydrogen) atoms. The van der Waals surface area contributed by atoms with E-state index in [4.69, 9.17) is 0 Å². The van der Waals surface area contributed by atoms with E-state index >= 15 is 0 Å². The second kappa shape index (κ2) is 5.24. The minimum atomic E-state index is -0.263. The molecule has 0 aromatic carbocycles. The summed E-state index contributed by atoms with van der Waals surface area (Å²) in [5, 5.41) is 9.47. The minimum Gasteiger partial charge on any atom is -0.392 e. The van der Waals surface area contributed by atoms with Crippen LogP contribution in [0.1, 0.15) is 35.1 Å². The largest absolute Gasteiger partial charge is 0.392 e. The molecule has 0 radical (unpaired) electrons. The van der Waals surface area contributed by atoms with Gasteiger partial charge in [0.15, 0.2) is 5.78 Å². The molecule has 1 aromatic heterocycles. The van der Waals surface area contributed by atoms with Gasteiger partial charge in [0, 0.05) is 36.6 Å². The summed E-state index contributed by atoms with van der Waals surface area (Å²) in [6.07, 6.45) is 0.516.